The predicted octanol–water partition coefficient (Wildman–Crippen LogP) is 2.19. The maximum absolute atomic E-state index is 5.71. The molecule has 0 fully saturated rings. The van der Waals surface area contributed by atoms with E-state index in [1.54, 1.807) is 18.1 Å². The van der Waals surface area contributed by atoms with Gasteiger partial charge < -0.3 is 10.3 Å². The fraction of sp³-hybridized carbons (Fsp3) is 0.200. The van der Waals surface area contributed by atoms with Crippen molar-refractivity contribution in [3.05, 3.63) is 34.6 Å². The van der Waals surface area contributed by atoms with Gasteiger partial charge in [-0.25, -0.2) is 0 Å². The van der Waals surface area contributed by atoms with Crippen LogP contribution in [0.1, 0.15) is 5.56 Å². The topological polar surface area (TPSA) is 56.7 Å². The van der Waals surface area contributed by atoms with Crippen molar-refractivity contribution < 1.29 is 0 Å². The highest BCUT2D eigenvalue weighted by atomic mass is 79.9. The molecule has 0 saturated heterocycles. The molecule has 2 aromatic rings. The summed E-state index contributed by atoms with van der Waals surface area (Å²) in [6.45, 7) is 0.514. The Balaban J connectivity index is 2.31. The maximum atomic E-state index is 5.71. The first-order valence-corrected chi connectivity index (χ1v) is 6.32. The summed E-state index contributed by atoms with van der Waals surface area (Å²) in [6.07, 6.45) is 1.68. The van der Waals surface area contributed by atoms with Gasteiger partial charge in [0.25, 0.3) is 0 Å². The number of hydrogen-bond donors (Lipinski definition) is 1. The molecule has 0 amide bonds. The molecule has 1 heterocycles. The van der Waals surface area contributed by atoms with E-state index in [4.69, 9.17) is 5.73 Å². The van der Waals surface area contributed by atoms with Gasteiger partial charge >= 0.3 is 0 Å². The highest BCUT2D eigenvalue weighted by Gasteiger charge is 2.07. The number of nitrogens with zero attached hydrogens (tertiary/aromatic N) is 3. The lowest BCUT2D eigenvalue weighted by atomic mass is 10.2. The Hall–Kier alpha value is -0.850. The molecular weight excluding hydrogens is 288 g/mol. The third kappa shape index (κ3) is 2.45. The second kappa shape index (κ2) is 4.99. The van der Waals surface area contributed by atoms with Crippen molar-refractivity contribution in [2.75, 3.05) is 0 Å². The minimum atomic E-state index is 0.514. The highest BCUT2D eigenvalue weighted by Crippen LogP contribution is 2.30. The number of aromatic nitrogens is 3. The number of benzene rings is 1. The van der Waals surface area contributed by atoms with Crippen LogP contribution in [-0.4, -0.2) is 14.8 Å². The van der Waals surface area contributed by atoms with E-state index in [2.05, 4.69) is 26.1 Å². The molecule has 0 aliphatic carbocycles. The van der Waals surface area contributed by atoms with E-state index in [1.807, 2.05) is 29.8 Å². The van der Waals surface area contributed by atoms with Gasteiger partial charge in [0.1, 0.15) is 6.33 Å². The summed E-state index contributed by atoms with van der Waals surface area (Å²) in [4.78, 5) is 1.11. The Labute approximate surface area is 106 Å². The Morgan fingerprint density at radius 3 is 2.94 bits per heavy atom. The second-order valence-corrected chi connectivity index (χ2v) is 5.21. The Morgan fingerprint density at radius 2 is 2.31 bits per heavy atom. The third-order valence-corrected chi connectivity index (χ3v) is 3.78. The van der Waals surface area contributed by atoms with Crippen LogP contribution < -0.4 is 5.73 Å². The zero-order chi connectivity index (χ0) is 11.5. The molecular formula is C10H11BrN4S. The van der Waals surface area contributed by atoms with E-state index in [0.29, 0.717) is 6.54 Å². The van der Waals surface area contributed by atoms with Gasteiger partial charge in [0.2, 0.25) is 0 Å². The molecule has 0 radical (unpaired) electrons. The van der Waals surface area contributed by atoms with Gasteiger partial charge in [-0.1, -0.05) is 15.9 Å². The molecule has 0 aliphatic heterocycles. The molecule has 4 nitrogen and oxygen atoms in total. The first-order valence-electron chi connectivity index (χ1n) is 4.71. The number of nitrogens with two attached hydrogens (primary N) is 1. The fourth-order valence-corrected chi connectivity index (χ4v) is 2.56. The zero-order valence-corrected chi connectivity index (χ0v) is 11.1. The van der Waals surface area contributed by atoms with Gasteiger partial charge in [-0.2, -0.15) is 0 Å². The van der Waals surface area contributed by atoms with Crippen LogP contribution in [0.25, 0.3) is 0 Å². The lowest BCUT2D eigenvalue weighted by Crippen LogP contribution is -1.99. The molecule has 2 N–H and O–H groups in total. The fourth-order valence-electron chi connectivity index (χ4n) is 1.27. The van der Waals surface area contributed by atoms with Crippen LogP contribution in [0.4, 0.5) is 0 Å². The summed E-state index contributed by atoms with van der Waals surface area (Å²) in [7, 11) is 1.92. The summed E-state index contributed by atoms with van der Waals surface area (Å²) >= 11 is 5.00. The summed E-state index contributed by atoms with van der Waals surface area (Å²) in [5.74, 6) is 0. The van der Waals surface area contributed by atoms with Crippen LogP contribution in [0.3, 0.4) is 0 Å². The molecule has 0 bridgehead atoms. The van der Waals surface area contributed by atoms with Crippen molar-refractivity contribution in [1.29, 1.82) is 0 Å². The summed E-state index contributed by atoms with van der Waals surface area (Å²) in [5, 5.41) is 8.73. The van der Waals surface area contributed by atoms with Crippen LogP contribution in [0, 0.1) is 0 Å². The van der Waals surface area contributed by atoms with Crippen LogP contribution in [0.5, 0.6) is 0 Å². The molecule has 2 rings (SSSR count). The van der Waals surface area contributed by atoms with Gasteiger partial charge in [0.15, 0.2) is 5.16 Å². The first-order chi connectivity index (χ1) is 7.70. The lowest BCUT2D eigenvalue weighted by molar-refractivity contribution is 0.788. The molecule has 0 spiro atoms. The van der Waals surface area contributed by atoms with E-state index in [-0.39, 0.29) is 0 Å². The molecule has 1 aromatic heterocycles. The first kappa shape index (κ1) is 11.6. The predicted molar refractivity (Wildman–Crippen MR) is 67.2 cm³/mol. The van der Waals surface area contributed by atoms with Gasteiger partial charge in [-0.15, -0.1) is 10.2 Å². The molecule has 1 aromatic carbocycles. The van der Waals surface area contributed by atoms with Gasteiger partial charge in [-0.05, 0) is 35.5 Å². The summed E-state index contributed by atoms with van der Waals surface area (Å²) in [6, 6.07) is 6.06. The van der Waals surface area contributed by atoms with Crippen molar-refractivity contribution in [3.8, 4) is 0 Å². The molecule has 84 valence electrons. The zero-order valence-electron chi connectivity index (χ0n) is 8.72. The summed E-state index contributed by atoms with van der Waals surface area (Å²) in [5.41, 5.74) is 6.81. The second-order valence-electron chi connectivity index (χ2n) is 3.28. The molecule has 0 unspecified atom stereocenters. The molecule has 0 aliphatic rings. The minimum Gasteiger partial charge on any atom is -0.326 e. The van der Waals surface area contributed by atoms with Gasteiger partial charge in [-0.3, -0.25) is 0 Å². The molecule has 0 atom stereocenters. The highest BCUT2D eigenvalue weighted by molar-refractivity contribution is 9.10. The quantitative estimate of drug-likeness (QED) is 0.944. The van der Waals surface area contributed by atoms with Crippen LogP contribution in [0.2, 0.25) is 0 Å². The molecule has 6 heteroatoms. The monoisotopic (exact) mass is 298 g/mol. The summed E-state index contributed by atoms with van der Waals surface area (Å²) < 4.78 is 2.92. The number of aryl methyl sites for hydroxylation is 1. The lowest BCUT2D eigenvalue weighted by Gasteiger charge is -2.06. The Bertz CT molecular complexity index is 497. The SMILES string of the molecule is Cn1cnnc1Sc1ccc(Br)cc1CN. The minimum absolute atomic E-state index is 0.514. The van der Waals surface area contributed by atoms with Crippen molar-refractivity contribution in [2.45, 2.75) is 16.6 Å². The van der Waals surface area contributed by atoms with E-state index in [1.165, 1.54) is 0 Å². The third-order valence-electron chi connectivity index (χ3n) is 2.11. The van der Waals surface area contributed by atoms with Crippen molar-refractivity contribution in [1.82, 2.24) is 14.8 Å². The van der Waals surface area contributed by atoms with Crippen LogP contribution in [-0.2, 0) is 13.6 Å². The van der Waals surface area contributed by atoms with Gasteiger partial charge in [0.05, 0.1) is 0 Å². The Kier molecular flexibility index (Phi) is 3.63. The smallest absolute Gasteiger partial charge is 0.195 e. The number of hydrogen-bond acceptors (Lipinski definition) is 4. The molecule has 0 saturated carbocycles. The van der Waals surface area contributed by atoms with Crippen molar-refractivity contribution in [3.63, 3.8) is 0 Å². The van der Waals surface area contributed by atoms with E-state index in [9.17, 15) is 0 Å². The van der Waals surface area contributed by atoms with Gasteiger partial charge in [0, 0.05) is 23.0 Å². The Morgan fingerprint density at radius 1 is 1.50 bits per heavy atom. The average Bonchev–Trinajstić information content (AvgIpc) is 2.67. The van der Waals surface area contributed by atoms with Crippen LogP contribution >= 0.6 is 27.7 Å². The van der Waals surface area contributed by atoms with Crippen LogP contribution in [0.15, 0.2) is 39.1 Å². The van der Waals surface area contributed by atoms with E-state index in [0.717, 1.165) is 20.1 Å². The number of rotatable bonds is 3. The molecule has 16 heavy (non-hydrogen) atoms. The van der Waals surface area contributed by atoms with Crippen molar-refractivity contribution >= 4 is 27.7 Å². The average molecular weight is 299 g/mol. The standard InChI is InChI=1S/C10H11BrN4S/c1-15-6-13-14-10(15)16-9-3-2-8(11)4-7(9)5-12/h2-4,6H,5,12H2,1H3. The number of halogens is 1. The van der Waals surface area contributed by atoms with E-state index >= 15 is 0 Å². The van der Waals surface area contributed by atoms with E-state index < -0.39 is 0 Å². The largest absolute Gasteiger partial charge is 0.326 e. The van der Waals surface area contributed by atoms with Crippen molar-refractivity contribution in [2.24, 2.45) is 12.8 Å². The normalized spacial score (nSPS) is 10.7. The maximum Gasteiger partial charge on any atom is 0.195 e.